The van der Waals surface area contributed by atoms with Crippen LogP contribution >= 0.6 is 22.7 Å². The van der Waals surface area contributed by atoms with Crippen LogP contribution in [0.15, 0.2) is 64.3 Å². The van der Waals surface area contributed by atoms with Gasteiger partial charge in [-0.05, 0) is 47.5 Å². The van der Waals surface area contributed by atoms with E-state index >= 15 is 0 Å². The highest BCUT2D eigenvalue weighted by atomic mass is 32.1. The molecule has 5 nitrogen and oxygen atoms in total. The molecule has 0 spiro atoms. The van der Waals surface area contributed by atoms with Crippen molar-refractivity contribution >= 4 is 34.2 Å². The van der Waals surface area contributed by atoms with Crippen molar-refractivity contribution < 1.29 is 4.79 Å². The Kier molecular flexibility index (Phi) is 4.87. The van der Waals surface area contributed by atoms with Crippen LogP contribution in [0.25, 0.3) is 5.65 Å². The van der Waals surface area contributed by atoms with E-state index in [-0.39, 0.29) is 17.0 Å². The normalized spacial score (nSPS) is 11.0. The highest BCUT2D eigenvalue weighted by Gasteiger charge is 2.21. The summed E-state index contributed by atoms with van der Waals surface area (Å²) in [7, 11) is 0. The van der Waals surface area contributed by atoms with E-state index in [1.807, 2.05) is 54.1 Å². The van der Waals surface area contributed by atoms with Crippen LogP contribution in [0.3, 0.4) is 0 Å². The van der Waals surface area contributed by atoms with Crippen molar-refractivity contribution in [2.45, 2.75) is 20.0 Å². The van der Waals surface area contributed by atoms with E-state index in [0.29, 0.717) is 18.7 Å². The Labute approximate surface area is 164 Å². The van der Waals surface area contributed by atoms with Crippen LogP contribution in [0, 0.1) is 6.92 Å². The Balaban J connectivity index is 1.72. The van der Waals surface area contributed by atoms with Crippen molar-refractivity contribution in [1.82, 2.24) is 14.3 Å². The SMILES string of the molecule is Cc1ccn2c(=O)c(C(=O)N(Cc3cccs3)Cc3cccs3)cnc2c1. The second-order valence-corrected chi connectivity index (χ2v) is 8.29. The van der Waals surface area contributed by atoms with Crippen LogP contribution in [0.5, 0.6) is 0 Å². The minimum absolute atomic E-state index is 0.0875. The molecule has 136 valence electrons. The number of thiophene rings is 2. The first-order chi connectivity index (χ1) is 13.1. The third kappa shape index (κ3) is 3.70. The molecule has 0 N–H and O–H groups in total. The number of nitrogens with zero attached hydrogens (tertiary/aromatic N) is 3. The van der Waals surface area contributed by atoms with Gasteiger partial charge in [-0.25, -0.2) is 4.98 Å². The summed E-state index contributed by atoms with van der Waals surface area (Å²) in [5.41, 5.74) is 1.30. The minimum Gasteiger partial charge on any atom is -0.328 e. The molecule has 4 rings (SSSR count). The molecule has 4 heterocycles. The summed E-state index contributed by atoms with van der Waals surface area (Å²) >= 11 is 3.19. The van der Waals surface area contributed by atoms with Crippen LogP contribution in [-0.4, -0.2) is 20.2 Å². The van der Waals surface area contributed by atoms with E-state index in [2.05, 4.69) is 4.98 Å². The van der Waals surface area contributed by atoms with Crippen LogP contribution in [0.1, 0.15) is 25.7 Å². The second-order valence-electron chi connectivity index (χ2n) is 6.23. The average molecular weight is 396 g/mol. The number of aryl methyl sites for hydroxylation is 1. The lowest BCUT2D eigenvalue weighted by molar-refractivity contribution is 0.0731. The van der Waals surface area contributed by atoms with Gasteiger partial charge < -0.3 is 4.90 Å². The number of aromatic nitrogens is 2. The molecule has 0 radical (unpaired) electrons. The smallest absolute Gasteiger partial charge is 0.270 e. The molecule has 4 aromatic heterocycles. The van der Waals surface area contributed by atoms with Gasteiger partial charge in [-0.1, -0.05) is 12.1 Å². The van der Waals surface area contributed by atoms with Gasteiger partial charge in [-0.15, -0.1) is 22.7 Å². The number of hydrogen-bond donors (Lipinski definition) is 0. The maximum atomic E-state index is 13.2. The Morgan fingerprint density at radius 1 is 1.11 bits per heavy atom. The lowest BCUT2D eigenvalue weighted by Crippen LogP contribution is -2.35. The van der Waals surface area contributed by atoms with Gasteiger partial charge in [0.15, 0.2) is 0 Å². The number of carbonyl (C=O) groups is 1. The molecule has 0 saturated heterocycles. The first-order valence-electron chi connectivity index (χ1n) is 8.44. The second kappa shape index (κ2) is 7.46. The molecule has 27 heavy (non-hydrogen) atoms. The summed E-state index contributed by atoms with van der Waals surface area (Å²) in [6.45, 7) is 2.86. The lowest BCUT2D eigenvalue weighted by Gasteiger charge is -2.21. The molecule has 0 aliphatic carbocycles. The van der Waals surface area contributed by atoms with E-state index in [4.69, 9.17) is 0 Å². The predicted octanol–water partition coefficient (Wildman–Crippen LogP) is 3.97. The third-order valence-corrected chi connectivity index (χ3v) is 5.96. The zero-order valence-electron chi connectivity index (χ0n) is 14.7. The fraction of sp³-hybridized carbons (Fsp3) is 0.150. The summed E-state index contributed by atoms with van der Waals surface area (Å²) in [5.74, 6) is -0.302. The van der Waals surface area contributed by atoms with Crippen molar-refractivity contribution in [3.8, 4) is 0 Å². The Morgan fingerprint density at radius 2 is 1.78 bits per heavy atom. The summed E-state index contributed by atoms with van der Waals surface area (Å²) in [6.07, 6.45) is 3.06. The van der Waals surface area contributed by atoms with E-state index in [9.17, 15) is 9.59 Å². The number of rotatable bonds is 5. The van der Waals surface area contributed by atoms with Crippen molar-refractivity contribution in [3.05, 3.63) is 90.8 Å². The van der Waals surface area contributed by atoms with Crippen molar-refractivity contribution in [3.63, 3.8) is 0 Å². The number of hydrogen-bond acceptors (Lipinski definition) is 5. The van der Waals surface area contributed by atoms with Crippen molar-refractivity contribution in [2.75, 3.05) is 0 Å². The van der Waals surface area contributed by atoms with Gasteiger partial charge in [0, 0.05) is 22.1 Å². The first kappa shape index (κ1) is 17.6. The van der Waals surface area contributed by atoms with Gasteiger partial charge in [0.05, 0.1) is 13.1 Å². The van der Waals surface area contributed by atoms with Gasteiger partial charge in [-0.2, -0.15) is 0 Å². The van der Waals surface area contributed by atoms with Crippen molar-refractivity contribution in [1.29, 1.82) is 0 Å². The maximum absolute atomic E-state index is 13.2. The molecular formula is C20H17N3O2S2. The summed E-state index contributed by atoms with van der Waals surface area (Å²) in [6, 6.07) is 11.6. The Bertz CT molecular complexity index is 1100. The van der Waals surface area contributed by atoms with Gasteiger partial charge in [0.25, 0.3) is 11.5 Å². The third-order valence-electron chi connectivity index (χ3n) is 4.24. The van der Waals surface area contributed by atoms with Gasteiger partial charge in [0.1, 0.15) is 11.2 Å². The molecular weight excluding hydrogens is 378 g/mol. The Hall–Kier alpha value is -2.77. The lowest BCUT2D eigenvalue weighted by atomic mass is 10.2. The highest BCUT2D eigenvalue weighted by molar-refractivity contribution is 7.10. The molecule has 4 aromatic rings. The predicted molar refractivity (Wildman–Crippen MR) is 108 cm³/mol. The molecule has 1 amide bonds. The average Bonchev–Trinajstić information content (AvgIpc) is 3.35. The minimum atomic E-state index is -0.340. The number of carbonyl (C=O) groups excluding carboxylic acids is 1. The molecule has 7 heteroatoms. The van der Waals surface area contributed by atoms with Crippen molar-refractivity contribution in [2.24, 2.45) is 0 Å². The van der Waals surface area contributed by atoms with Crippen LogP contribution in [0.4, 0.5) is 0 Å². The number of pyridine rings is 1. The standard InChI is InChI=1S/C20H17N3O2S2/c1-14-6-7-23-18(10-14)21-11-17(20(23)25)19(24)22(12-15-4-2-8-26-15)13-16-5-3-9-27-16/h2-11H,12-13H2,1H3. The molecule has 0 aliphatic rings. The summed E-state index contributed by atoms with van der Waals surface area (Å²) < 4.78 is 1.43. The summed E-state index contributed by atoms with van der Waals surface area (Å²) in [5, 5.41) is 3.97. The topological polar surface area (TPSA) is 54.7 Å². The van der Waals surface area contributed by atoms with E-state index in [1.54, 1.807) is 33.8 Å². The molecule has 0 unspecified atom stereocenters. The Morgan fingerprint density at radius 3 is 2.37 bits per heavy atom. The van der Waals surface area contributed by atoms with Gasteiger partial charge >= 0.3 is 0 Å². The molecule has 0 aromatic carbocycles. The summed E-state index contributed by atoms with van der Waals surface area (Å²) in [4.78, 5) is 34.3. The zero-order valence-corrected chi connectivity index (χ0v) is 16.3. The molecule has 0 fully saturated rings. The number of fused-ring (bicyclic) bond motifs is 1. The highest BCUT2D eigenvalue weighted by Crippen LogP contribution is 2.18. The van der Waals surface area contributed by atoms with Gasteiger partial charge in [-0.3, -0.25) is 14.0 Å². The quantitative estimate of drug-likeness (QED) is 0.514. The molecule has 0 saturated carbocycles. The first-order valence-corrected chi connectivity index (χ1v) is 10.2. The van der Waals surface area contributed by atoms with Crippen LogP contribution in [-0.2, 0) is 13.1 Å². The van der Waals surface area contributed by atoms with Crippen LogP contribution in [0.2, 0.25) is 0 Å². The van der Waals surface area contributed by atoms with E-state index < -0.39 is 0 Å². The van der Waals surface area contributed by atoms with E-state index in [0.717, 1.165) is 15.3 Å². The van der Waals surface area contributed by atoms with Crippen LogP contribution < -0.4 is 5.56 Å². The molecule has 0 bridgehead atoms. The zero-order chi connectivity index (χ0) is 18.8. The fourth-order valence-corrected chi connectivity index (χ4v) is 4.31. The monoisotopic (exact) mass is 395 g/mol. The van der Waals surface area contributed by atoms with E-state index in [1.165, 1.54) is 10.6 Å². The fourth-order valence-electron chi connectivity index (χ4n) is 2.87. The van der Waals surface area contributed by atoms with Gasteiger partial charge in [0.2, 0.25) is 0 Å². The largest absolute Gasteiger partial charge is 0.328 e. The molecule has 0 atom stereocenters. The molecule has 0 aliphatic heterocycles. The number of amides is 1. The maximum Gasteiger partial charge on any atom is 0.270 e.